The molecule has 0 spiro atoms. The van der Waals surface area contributed by atoms with Crippen LogP contribution in [0.25, 0.3) is 0 Å². The molecule has 0 amide bonds. The van der Waals surface area contributed by atoms with Crippen molar-refractivity contribution >= 4 is 16.6 Å². The van der Waals surface area contributed by atoms with Crippen molar-refractivity contribution in [2.24, 2.45) is 0 Å². The third-order valence-electron chi connectivity index (χ3n) is 1.34. The molecule has 0 saturated carbocycles. The van der Waals surface area contributed by atoms with Gasteiger partial charge in [-0.05, 0) is 26.2 Å². The monoisotopic (exact) mass is 381 g/mol. The topological polar surface area (TPSA) is 9.23 Å². The predicted molar refractivity (Wildman–Crippen MR) is 56.4 cm³/mol. The van der Waals surface area contributed by atoms with Gasteiger partial charge in [-0.25, -0.2) is 0 Å². The largest absolute Gasteiger partial charge is 0.450 e. The predicted octanol–water partition coefficient (Wildman–Crippen LogP) is 2.86. The first-order chi connectivity index (χ1) is 4.83. The van der Waals surface area contributed by atoms with Gasteiger partial charge in [-0.2, -0.15) is 0 Å². The number of hydrogen-bond donors (Lipinski definition) is 0. The molecule has 0 atom stereocenters. The van der Waals surface area contributed by atoms with E-state index in [4.69, 9.17) is 4.12 Å². The zero-order chi connectivity index (χ0) is 9.12. The molecule has 0 aromatic rings. The van der Waals surface area contributed by atoms with Crippen molar-refractivity contribution in [2.75, 3.05) is 0 Å². The van der Waals surface area contributed by atoms with Gasteiger partial charge in [0, 0.05) is 21.1 Å². The summed E-state index contributed by atoms with van der Waals surface area (Å²) in [4.78, 5) is 0. The normalized spacial score (nSPS) is 11.7. The molecule has 0 N–H and O–H groups in total. The summed E-state index contributed by atoms with van der Waals surface area (Å²) in [6.07, 6.45) is 0. The van der Waals surface area contributed by atoms with Crippen LogP contribution in [0.3, 0.4) is 0 Å². The molecule has 0 fully saturated rings. The Bertz CT molecular complexity index is 155. The third kappa shape index (κ3) is 6.12. The Morgan fingerprint density at radius 3 is 1.42 bits per heavy atom. The summed E-state index contributed by atoms with van der Waals surface area (Å²) in [5.74, 6) is 0. The number of rotatable bonds is 4. The summed E-state index contributed by atoms with van der Waals surface area (Å²) in [5.41, 5.74) is 3.86. The van der Waals surface area contributed by atoms with Crippen molar-refractivity contribution in [2.45, 2.75) is 26.2 Å². The van der Waals surface area contributed by atoms with E-state index in [-0.39, 0.29) is 21.1 Å². The van der Waals surface area contributed by atoms with Crippen LogP contribution in [0.2, 0.25) is 26.2 Å². The standard InChI is InChI=1S/C8H18OSi2.Pt/c1-7-11(6,8-2)9-10(3,4)5;/h7-8H,1-2H2,3-6H3;. The van der Waals surface area contributed by atoms with E-state index < -0.39 is 16.6 Å². The van der Waals surface area contributed by atoms with Crippen molar-refractivity contribution in [3.63, 3.8) is 0 Å². The average Bonchev–Trinajstić information content (AvgIpc) is 1.84. The minimum atomic E-state index is -1.74. The molecule has 0 saturated heterocycles. The second kappa shape index (κ2) is 5.33. The Kier molecular flexibility index (Phi) is 6.68. The van der Waals surface area contributed by atoms with Gasteiger partial charge in [-0.15, -0.1) is 13.2 Å². The van der Waals surface area contributed by atoms with Crippen LogP contribution in [-0.4, -0.2) is 16.6 Å². The SMILES string of the molecule is C=C[Si](C)(C=C)O[Si](C)(C)C.[Pt]. The van der Waals surface area contributed by atoms with Gasteiger partial charge in [0.25, 0.3) is 0 Å². The summed E-state index contributed by atoms with van der Waals surface area (Å²) in [7, 11) is -3.16. The summed E-state index contributed by atoms with van der Waals surface area (Å²) in [6.45, 7) is 16.2. The molecule has 0 unspecified atom stereocenters. The van der Waals surface area contributed by atoms with Crippen molar-refractivity contribution in [3.8, 4) is 0 Å². The van der Waals surface area contributed by atoms with Crippen LogP contribution in [-0.2, 0) is 25.2 Å². The quantitative estimate of drug-likeness (QED) is 0.681. The molecule has 0 aliphatic rings. The van der Waals surface area contributed by atoms with Gasteiger partial charge >= 0.3 is 0 Å². The molecule has 0 aliphatic carbocycles. The van der Waals surface area contributed by atoms with Crippen LogP contribution in [0.5, 0.6) is 0 Å². The molecule has 0 aliphatic heterocycles. The molecule has 0 aromatic carbocycles. The molecule has 1 nitrogen and oxygen atoms in total. The van der Waals surface area contributed by atoms with Crippen molar-refractivity contribution < 1.29 is 25.2 Å². The zero-order valence-corrected chi connectivity index (χ0v) is 12.6. The molecule has 0 radical (unpaired) electrons. The van der Waals surface area contributed by atoms with Crippen LogP contribution in [0.4, 0.5) is 0 Å². The maximum atomic E-state index is 5.97. The molecule has 0 rings (SSSR count). The van der Waals surface area contributed by atoms with Crippen molar-refractivity contribution in [1.29, 1.82) is 0 Å². The van der Waals surface area contributed by atoms with Crippen molar-refractivity contribution in [3.05, 3.63) is 24.6 Å². The van der Waals surface area contributed by atoms with Crippen LogP contribution >= 0.6 is 0 Å². The second-order valence-electron chi connectivity index (χ2n) is 3.81. The minimum Gasteiger partial charge on any atom is -0.450 e. The Hall–Kier alpha value is 0.562. The van der Waals surface area contributed by atoms with Crippen molar-refractivity contribution in [1.82, 2.24) is 0 Å². The van der Waals surface area contributed by atoms with E-state index in [1.807, 2.05) is 11.4 Å². The van der Waals surface area contributed by atoms with E-state index >= 15 is 0 Å². The van der Waals surface area contributed by atoms with Crippen LogP contribution in [0.1, 0.15) is 0 Å². The maximum Gasteiger partial charge on any atom is 0.226 e. The van der Waals surface area contributed by atoms with E-state index in [2.05, 4.69) is 39.3 Å². The molecule has 0 aromatic heterocycles. The fourth-order valence-corrected chi connectivity index (χ4v) is 6.94. The third-order valence-corrected chi connectivity index (χ3v) is 7.17. The zero-order valence-electron chi connectivity index (χ0n) is 8.29. The van der Waals surface area contributed by atoms with Gasteiger partial charge in [-0.3, -0.25) is 0 Å². The Morgan fingerprint density at radius 2 is 1.33 bits per heavy atom. The van der Waals surface area contributed by atoms with Gasteiger partial charge < -0.3 is 4.12 Å². The first-order valence-corrected chi connectivity index (χ1v) is 9.77. The van der Waals surface area contributed by atoms with Crippen LogP contribution in [0, 0.1) is 0 Å². The van der Waals surface area contributed by atoms with Gasteiger partial charge in [-0.1, -0.05) is 11.4 Å². The van der Waals surface area contributed by atoms with E-state index in [1.54, 1.807) is 0 Å². The van der Waals surface area contributed by atoms with E-state index in [1.165, 1.54) is 0 Å². The smallest absolute Gasteiger partial charge is 0.226 e. The molecular formula is C8H18OPtSi2. The fraction of sp³-hybridized carbons (Fsp3) is 0.500. The fourth-order valence-electron chi connectivity index (χ4n) is 0.826. The summed E-state index contributed by atoms with van der Waals surface area (Å²) in [6, 6.07) is 0. The van der Waals surface area contributed by atoms with Crippen LogP contribution in [0.15, 0.2) is 24.6 Å². The Morgan fingerprint density at radius 1 is 1.00 bits per heavy atom. The van der Waals surface area contributed by atoms with E-state index in [0.717, 1.165) is 0 Å². The van der Waals surface area contributed by atoms with Gasteiger partial charge in [0.05, 0.1) is 0 Å². The van der Waals surface area contributed by atoms with Gasteiger partial charge in [0.1, 0.15) is 0 Å². The first kappa shape index (κ1) is 15.1. The Labute approximate surface area is 92.4 Å². The van der Waals surface area contributed by atoms with E-state index in [9.17, 15) is 0 Å². The second-order valence-corrected chi connectivity index (χ2v) is 12.0. The average molecular weight is 381 g/mol. The first-order valence-electron chi connectivity index (χ1n) is 3.80. The molecule has 4 heteroatoms. The van der Waals surface area contributed by atoms with Gasteiger partial charge in [0.2, 0.25) is 8.32 Å². The maximum absolute atomic E-state index is 5.97. The van der Waals surface area contributed by atoms with E-state index in [0.29, 0.717) is 0 Å². The van der Waals surface area contributed by atoms with Gasteiger partial charge in [0.15, 0.2) is 8.32 Å². The summed E-state index contributed by atoms with van der Waals surface area (Å²) < 4.78 is 5.97. The minimum absolute atomic E-state index is 0. The number of hydrogen-bond acceptors (Lipinski definition) is 1. The summed E-state index contributed by atoms with van der Waals surface area (Å²) >= 11 is 0. The van der Waals surface area contributed by atoms with Crippen LogP contribution < -0.4 is 0 Å². The molecular weight excluding hydrogens is 363 g/mol. The summed E-state index contributed by atoms with van der Waals surface area (Å²) in [5, 5.41) is 0. The molecule has 0 bridgehead atoms. The molecule has 74 valence electrons. The molecule has 12 heavy (non-hydrogen) atoms. The Balaban J connectivity index is 0. The molecule has 0 heterocycles.